The Labute approximate surface area is 93.1 Å². The molecule has 0 bridgehead atoms. The topological polar surface area (TPSA) is 131 Å². The van der Waals surface area contributed by atoms with E-state index in [0.717, 1.165) is 0 Å². The second-order valence-electron chi connectivity index (χ2n) is 2.99. The number of nitrogens with one attached hydrogen (secondary N) is 2. The predicted octanol–water partition coefficient (Wildman–Crippen LogP) is -0.383. The highest BCUT2D eigenvalue weighted by atomic mass is 32.2. The number of ether oxygens (including phenoxy) is 1. The van der Waals surface area contributed by atoms with Gasteiger partial charge in [-0.05, 0) is 12.1 Å². The van der Waals surface area contributed by atoms with Crippen LogP contribution < -0.4 is 20.3 Å². The van der Waals surface area contributed by atoms with Crippen molar-refractivity contribution in [1.29, 1.82) is 5.41 Å². The van der Waals surface area contributed by atoms with Gasteiger partial charge in [-0.2, -0.15) is 8.42 Å². The predicted molar refractivity (Wildman–Crippen MR) is 60.6 cm³/mol. The van der Waals surface area contributed by atoms with Gasteiger partial charge in [-0.15, -0.1) is 0 Å². The van der Waals surface area contributed by atoms with E-state index in [1.54, 1.807) is 12.1 Å². The molecule has 1 aromatic carbocycles. The molecule has 0 aromatic heterocycles. The van der Waals surface area contributed by atoms with Crippen molar-refractivity contribution in [3.63, 3.8) is 0 Å². The van der Waals surface area contributed by atoms with E-state index in [1.165, 1.54) is 12.1 Å². The zero-order valence-corrected chi connectivity index (χ0v) is 9.12. The molecular formula is C8H12N4O3S. The van der Waals surface area contributed by atoms with Gasteiger partial charge in [0.05, 0.1) is 5.69 Å². The third kappa shape index (κ3) is 4.62. The van der Waals surface area contributed by atoms with Crippen LogP contribution in [0.4, 0.5) is 5.69 Å². The molecule has 0 atom stereocenters. The van der Waals surface area contributed by atoms with Crippen LogP contribution in [0.2, 0.25) is 0 Å². The summed E-state index contributed by atoms with van der Waals surface area (Å²) < 4.78 is 28.7. The van der Waals surface area contributed by atoms with Gasteiger partial charge in [0, 0.05) is 6.07 Å². The summed E-state index contributed by atoms with van der Waals surface area (Å²) in [6.45, 7) is -0.0567. The molecule has 0 saturated heterocycles. The first-order valence-corrected chi connectivity index (χ1v) is 5.78. The molecule has 0 amide bonds. The molecule has 0 spiro atoms. The molecular weight excluding hydrogens is 232 g/mol. The minimum atomic E-state index is -3.80. The van der Waals surface area contributed by atoms with Crippen LogP contribution in [0.5, 0.6) is 5.75 Å². The highest BCUT2D eigenvalue weighted by Gasteiger charge is 2.03. The van der Waals surface area contributed by atoms with E-state index < -0.39 is 10.2 Å². The van der Waals surface area contributed by atoms with Gasteiger partial charge in [0.1, 0.15) is 18.2 Å². The van der Waals surface area contributed by atoms with Gasteiger partial charge >= 0.3 is 0 Å². The van der Waals surface area contributed by atoms with Crippen LogP contribution in [0.3, 0.4) is 0 Å². The first-order valence-electron chi connectivity index (χ1n) is 4.23. The van der Waals surface area contributed by atoms with E-state index in [-0.39, 0.29) is 18.1 Å². The number of amidine groups is 1. The molecule has 8 heteroatoms. The summed E-state index contributed by atoms with van der Waals surface area (Å²) in [6, 6.07) is 6.15. The standard InChI is InChI=1S/C8H12N4O3S/c9-8(10)5-15-7-3-1-2-6(4-7)12-16(11,13)14/h1-4,12H,5H2,(H3,9,10)(H2,11,13,14). The van der Waals surface area contributed by atoms with E-state index in [4.69, 9.17) is 21.0 Å². The van der Waals surface area contributed by atoms with Crippen molar-refractivity contribution in [3.05, 3.63) is 24.3 Å². The summed E-state index contributed by atoms with van der Waals surface area (Å²) in [5.41, 5.74) is 5.39. The van der Waals surface area contributed by atoms with Crippen LogP contribution in [0.25, 0.3) is 0 Å². The molecule has 0 aliphatic carbocycles. The molecule has 0 unspecified atom stereocenters. The number of rotatable bonds is 5. The van der Waals surface area contributed by atoms with Crippen molar-refractivity contribution in [2.45, 2.75) is 0 Å². The molecule has 7 nitrogen and oxygen atoms in total. The number of anilines is 1. The largest absolute Gasteiger partial charge is 0.486 e. The molecule has 16 heavy (non-hydrogen) atoms. The Hall–Kier alpha value is -1.80. The molecule has 88 valence electrons. The Morgan fingerprint density at radius 3 is 2.75 bits per heavy atom. The number of benzene rings is 1. The maximum atomic E-state index is 10.7. The molecule has 6 N–H and O–H groups in total. The number of hydrogen-bond acceptors (Lipinski definition) is 4. The second-order valence-corrected chi connectivity index (χ2v) is 4.28. The first-order chi connectivity index (χ1) is 7.37. The maximum absolute atomic E-state index is 10.7. The van der Waals surface area contributed by atoms with Crippen molar-refractivity contribution in [2.24, 2.45) is 10.9 Å². The molecule has 0 aliphatic heterocycles. The number of nitrogens with two attached hydrogens (primary N) is 2. The Morgan fingerprint density at radius 2 is 2.19 bits per heavy atom. The van der Waals surface area contributed by atoms with Crippen molar-refractivity contribution < 1.29 is 13.2 Å². The van der Waals surface area contributed by atoms with E-state index in [1.807, 2.05) is 0 Å². The van der Waals surface area contributed by atoms with Crippen LogP contribution in [-0.2, 0) is 10.2 Å². The molecule has 1 rings (SSSR count). The zero-order chi connectivity index (χ0) is 12.2. The lowest BCUT2D eigenvalue weighted by Gasteiger charge is -2.07. The minimum absolute atomic E-state index is 0.0567. The highest BCUT2D eigenvalue weighted by Crippen LogP contribution is 2.17. The normalized spacial score (nSPS) is 10.8. The van der Waals surface area contributed by atoms with E-state index >= 15 is 0 Å². The summed E-state index contributed by atoms with van der Waals surface area (Å²) >= 11 is 0. The summed E-state index contributed by atoms with van der Waals surface area (Å²) in [4.78, 5) is 0. The summed E-state index contributed by atoms with van der Waals surface area (Å²) in [5, 5.41) is 11.8. The van der Waals surface area contributed by atoms with E-state index in [9.17, 15) is 8.42 Å². The van der Waals surface area contributed by atoms with Crippen molar-refractivity contribution in [2.75, 3.05) is 11.3 Å². The lowest BCUT2D eigenvalue weighted by atomic mass is 10.3. The fourth-order valence-corrected chi connectivity index (χ4v) is 1.43. The van der Waals surface area contributed by atoms with E-state index in [2.05, 4.69) is 4.72 Å². The molecule has 0 aliphatic rings. The molecule has 0 fully saturated rings. The van der Waals surface area contributed by atoms with Crippen LogP contribution >= 0.6 is 0 Å². The highest BCUT2D eigenvalue weighted by molar-refractivity contribution is 7.90. The van der Waals surface area contributed by atoms with Gasteiger partial charge in [-0.25, -0.2) is 5.14 Å². The zero-order valence-electron chi connectivity index (χ0n) is 8.30. The molecule has 0 radical (unpaired) electrons. The van der Waals surface area contributed by atoms with Crippen molar-refractivity contribution >= 4 is 21.7 Å². The maximum Gasteiger partial charge on any atom is 0.296 e. The Kier molecular flexibility index (Phi) is 3.69. The third-order valence-corrected chi connectivity index (χ3v) is 2.01. The van der Waals surface area contributed by atoms with Crippen LogP contribution in [-0.4, -0.2) is 20.9 Å². The smallest absolute Gasteiger partial charge is 0.296 e. The van der Waals surface area contributed by atoms with Gasteiger partial charge < -0.3 is 10.5 Å². The molecule has 1 aromatic rings. The summed E-state index contributed by atoms with van der Waals surface area (Å²) in [6.07, 6.45) is 0. The average molecular weight is 244 g/mol. The third-order valence-electron chi connectivity index (χ3n) is 1.49. The Bertz CT molecular complexity index is 486. The summed E-state index contributed by atoms with van der Waals surface area (Å²) in [5.74, 6) is 0.272. The van der Waals surface area contributed by atoms with Gasteiger partial charge in [0.25, 0.3) is 10.2 Å². The molecule has 0 saturated carbocycles. The van der Waals surface area contributed by atoms with Gasteiger partial charge in [0.2, 0.25) is 0 Å². The fraction of sp³-hybridized carbons (Fsp3) is 0.125. The quantitative estimate of drug-likeness (QED) is 0.415. The molecule has 0 heterocycles. The van der Waals surface area contributed by atoms with Gasteiger partial charge in [0.15, 0.2) is 0 Å². The van der Waals surface area contributed by atoms with Gasteiger partial charge in [-0.1, -0.05) is 6.07 Å². The average Bonchev–Trinajstić information content (AvgIpc) is 2.12. The Morgan fingerprint density at radius 1 is 1.50 bits per heavy atom. The lowest BCUT2D eigenvalue weighted by molar-refractivity contribution is 0.374. The monoisotopic (exact) mass is 244 g/mol. The SMILES string of the molecule is N=C(N)COc1cccc(NS(N)(=O)=O)c1. The lowest BCUT2D eigenvalue weighted by Crippen LogP contribution is -2.22. The van der Waals surface area contributed by atoms with Crippen LogP contribution in [0.15, 0.2) is 24.3 Å². The second kappa shape index (κ2) is 4.81. The first kappa shape index (κ1) is 12.3. The van der Waals surface area contributed by atoms with Crippen molar-refractivity contribution in [3.8, 4) is 5.75 Å². The van der Waals surface area contributed by atoms with Crippen molar-refractivity contribution in [1.82, 2.24) is 0 Å². The minimum Gasteiger partial charge on any atom is -0.486 e. The number of hydrogen-bond donors (Lipinski definition) is 4. The van der Waals surface area contributed by atoms with E-state index in [0.29, 0.717) is 5.75 Å². The van der Waals surface area contributed by atoms with Crippen LogP contribution in [0, 0.1) is 5.41 Å². The van der Waals surface area contributed by atoms with Gasteiger partial charge in [-0.3, -0.25) is 10.1 Å². The van der Waals surface area contributed by atoms with Crippen LogP contribution in [0.1, 0.15) is 0 Å². The fourth-order valence-electron chi connectivity index (χ4n) is 0.975. The Balaban J connectivity index is 2.75. The summed E-state index contributed by atoms with van der Waals surface area (Å²) in [7, 11) is -3.80.